The largest absolute Gasteiger partial charge is 0.482 e. The molecule has 2 aromatic rings. The van der Waals surface area contributed by atoms with Gasteiger partial charge in [0, 0.05) is 12.2 Å². The van der Waals surface area contributed by atoms with E-state index < -0.39 is 5.97 Å². The Hall–Kier alpha value is -2.82. The molecule has 0 unspecified atom stereocenters. The van der Waals surface area contributed by atoms with Gasteiger partial charge in [-0.3, -0.25) is 4.79 Å². The lowest BCUT2D eigenvalue weighted by molar-refractivity contribution is -0.149. The van der Waals surface area contributed by atoms with Crippen molar-refractivity contribution in [3.63, 3.8) is 0 Å². The molecule has 0 bridgehead atoms. The number of rotatable bonds is 6. The average Bonchev–Trinajstić information content (AvgIpc) is 2.70. The van der Waals surface area contributed by atoms with Crippen LogP contribution in [-0.4, -0.2) is 31.6 Å². The molecule has 0 N–H and O–H groups in total. The molecule has 0 saturated carbocycles. The fraction of sp³-hybridized carbons (Fsp3) is 0.333. The lowest BCUT2D eigenvalue weighted by atomic mass is 10.0. The first kappa shape index (κ1) is 18.0. The fourth-order valence-corrected chi connectivity index (χ4v) is 3.02. The van der Waals surface area contributed by atoms with Crippen LogP contribution in [0.25, 0.3) is 0 Å². The van der Waals surface area contributed by atoms with Gasteiger partial charge < -0.3 is 14.4 Å². The Kier molecular flexibility index (Phi) is 5.89. The van der Waals surface area contributed by atoms with Crippen LogP contribution in [0.15, 0.2) is 48.5 Å². The molecule has 0 atom stereocenters. The summed E-state index contributed by atoms with van der Waals surface area (Å²) in [6, 6.07) is 15.4. The van der Waals surface area contributed by atoms with Gasteiger partial charge in [0.05, 0.1) is 0 Å². The number of amides is 1. The highest BCUT2D eigenvalue weighted by Crippen LogP contribution is 2.26. The van der Waals surface area contributed by atoms with Gasteiger partial charge in [0.1, 0.15) is 5.75 Å². The summed E-state index contributed by atoms with van der Waals surface area (Å²) in [5, 5.41) is 0. The SMILES string of the molecule is CCc1ccc(OCC(=O)OCC(=O)N2CCCc3ccccc32)cc1. The third kappa shape index (κ3) is 4.42. The van der Waals surface area contributed by atoms with E-state index in [1.807, 2.05) is 48.5 Å². The van der Waals surface area contributed by atoms with Gasteiger partial charge in [0.25, 0.3) is 5.91 Å². The zero-order chi connectivity index (χ0) is 18.4. The third-order valence-corrected chi connectivity index (χ3v) is 4.46. The molecule has 1 amide bonds. The number of carbonyl (C=O) groups excluding carboxylic acids is 2. The molecule has 136 valence electrons. The van der Waals surface area contributed by atoms with Crippen LogP contribution >= 0.6 is 0 Å². The summed E-state index contributed by atoms with van der Waals surface area (Å²) in [6.07, 6.45) is 2.82. The van der Waals surface area contributed by atoms with Crippen molar-refractivity contribution in [1.82, 2.24) is 0 Å². The van der Waals surface area contributed by atoms with Gasteiger partial charge in [-0.2, -0.15) is 0 Å². The molecule has 2 aromatic carbocycles. The number of benzene rings is 2. The summed E-state index contributed by atoms with van der Waals surface area (Å²) in [4.78, 5) is 26.0. The number of esters is 1. The van der Waals surface area contributed by atoms with Gasteiger partial charge in [-0.05, 0) is 48.6 Å². The first-order valence-electron chi connectivity index (χ1n) is 8.93. The zero-order valence-corrected chi connectivity index (χ0v) is 14.9. The lowest BCUT2D eigenvalue weighted by Crippen LogP contribution is -2.38. The van der Waals surface area contributed by atoms with Crippen molar-refractivity contribution in [2.24, 2.45) is 0 Å². The molecular formula is C21H23NO4. The van der Waals surface area contributed by atoms with E-state index in [1.54, 1.807) is 4.90 Å². The van der Waals surface area contributed by atoms with E-state index >= 15 is 0 Å². The van der Waals surface area contributed by atoms with Crippen molar-refractivity contribution in [3.05, 3.63) is 59.7 Å². The Balaban J connectivity index is 1.48. The van der Waals surface area contributed by atoms with Gasteiger partial charge in [-0.1, -0.05) is 37.3 Å². The molecule has 0 aromatic heterocycles. The molecule has 0 spiro atoms. The molecular weight excluding hydrogens is 330 g/mol. The van der Waals surface area contributed by atoms with E-state index in [0.29, 0.717) is 12.3 Å². The van der Waals surface area contributed by atoms with E-state index in [4.69, 9.17) is 9.47 Å². The van der Waals surface area contributed by atoms with Crippen molar-refractivity contribution in [2.75, 3.05) is 24.7 Å². The predicted molar refractivity (Wildman–Crippen MR) is 99.4 cm³/mol. The van der Waals surface area contributed by atoms with Crippen molar-refractivity contribution < 1.29 is 19.1 Å². The highest BCUT2D eigenvalue weighted by molar-refractivity contribution is 5.96. The Morgan fingerprint density at radius 1 is 1.04 bits per heavy atom. The number of anilines is 1. The molecule has 5 nitrogen and oxygen atoms in total. The minimum Gasteiger partial charge on any atom is -0.482 e. The normalized spacial score (nSPS) is 13.0. The maximum absolute atomic E-state index is 12.4. The molecule has 1 aliphatic rings. The van der Waals surface area contributed by atoms with E-state index in [1.165, 1.54) is 5.56 Å². The minimum atomic E-state index is -0.553. The monoisotopic (exact) mass is 353 g/mol. The quantitative estimate of drug-likeness (QED) is 0.749. The summed E-state index contributed by atoms with van der Waals surface area (Å²) >= 11 is 0. The first-order chi connectivity index (χ1) is 12.7. The van der Waals surface area contributed by atoms with Crippen molar-refractivity contribution in [1.29, 1.82) is 0 Å². The number of aryl methyl sites for hydroxylation is 2. The standard InChI is InChI=1S/C21H23NO4/c1-2-16-9-11-18(12-10-16)25-15-21(24)26-14-20(23)22-13-5-7-17-6-3-4-8-19(17)22/h3-4,6,8-12H,2,5,7,13-15H2,1H3. The van der Waals surface area contributed by atoms with Gasteiger partial charge in [-0.15, -0.1) is 0 Å². The zero-order valence-electron chi connectivity index (χ0n) is 14.9. The summed E-state index contributed by atoms with van der Waals surface area (Å²) in [6.45, 7) is 2.24. The number of fused-ring (bicyclic) bond motifs is 1. The number of ether oxygens (including phenoxy) is 2. The number of para-hydroxylation sites is 1. The molecule has 3 rings (SSSR count). The maximum atomic E-state index is 12.4. The number of carbonyl (C=O) groups is 2. The minimum absolute atomic E-state index is 0.210. The molecule has 1 heterocycles. The second-order valence-corrected chi connectivity index (χ2v) is 6.22. The van der Waals surface area contributed by atoms with Gasteiger partial charge in [0.2, 0.25) is 0 Å². The summed E-state index contributed by atoms with van der Waals surface area (Å²) < 4.78 is 10.5. The highest BCUT2D eigenvalue weighted by atomic mass is 16.6. The van der Waals surface area contributed by atoms with E-state index in [0.717, 1.165) is 30.5 Å². The van der Waals surface area contributed by atoms with Gasteiger partial charge >= 0.3 is 5.97 Å². The molecule has 0 saturated heterocycles. The maximum Gasteiger partial charge on any atom is 0.344 e. The number of hydrogen-bond donors (Lipinski definition) is 0. The Labute approximate surface area is 153 Å². The van der Waals surface area contributed by atoms with Crippen molar-refractivity contribution in [2.45, 2.75) is 26.2 Å². The lowest BCUT2D eigenvalue weighted by Gasteiger charge is -2.29. The predicted octanol–water partition coefficient (Wildman–Crippen LogP) is 3.15. The Bertz CT molecular complexity index is 770. The second-order valence-electron chi connectivity index (χ2n) is 6.22. The summed E-state index contributed by atoms with van der Waals surface area (Å²) in [7, 11) is 0. The fourth-order valence-electron chi connectivity index (χ4n) is 3.02. The molecule has 0 aliphatic carbocycles. The summed E-state index contributed by atoms with van der Waals surface area (Å²) in [5.41, 5.74) is 3.26. The molecule has 0 fully saturated rings. The smallest absolute Gasteiger partial charge is 0.344 e. The van der Waals surface area contributed by atoms with Crippen LogP contribution in [0.3, 0.4) is 0 Å². The molecule has 26 heavy (non-hydrogen) atoms. The van der Waals surface area contributed by atoms with E-state index in [9.17, 15) is 9.59 Å². The third-order valence-electron chi connectivity index (χ3n) is 4.46. The second kappa shape index (κ2) is 8.52. The van der Waals surface area contributed by atoms with Crippen LogP contribution in [-0.2, 0) is 27.2 Å². The Morgan fingerprint density at radius 3 is 2.58 bits per heavy atom. The average molecular weight is 353 g/mol. The van der Waals surface area contributed by atoms with Crippen LogP contribution in [0, 0.1) is 0 Å². The number of nitrogens with zero attached hydrogens (tertiary/aromatic N) is 1. The van der Waals surface area contributed by atoms with Crippen molar-refractivity contribution >= 4 is 17.6 Å². The summed E-state index contributed by atoms with van der Waals surface area (Å²) in [5.74, 6) is -0.156. The van der Waals surface area contributed by atoms with Crippen LogP contribution in [0.5, 0.6) is 5.75 Å². The number of hydrogen-bond acceptors (Lipinski definition) is 4. The van der Waals surface area contributed by atoms with E-state index in [2.05, 4.69) is 6.92 Å². The van der Waals surface area contributed by atoms with Crippen molar-refractivity contribution in [3.8, 4) is 5.75 Å². The first-order valence-corrected chi connectivity index (χ1v) is 8.93. The molecule has 5 heteroatoms. The Morgan fingerprint density at radius 2 is 1.81 bits per heavy atom. The highest BCUT2D eigenvalue weighted by Gasteiger charge is 2.23. The molecule has 1 aliphatic heterocycles. The van der Waals surface area contributed by atoms with E-state index in [-0.39, 0.29) is 19.1 Å². The molecule has 0 radical (unpaired) electrons. The topological polar surface area (TPSA) is 55.8 Å². The van der Waals surface area contributed by atoms with Crippen LogP contribution in [0.1, 0.15) is 24.5 Å². The van der Waals surface area contributed by atoms with Crippen LogP contribution in [0.2, 0.25) is 0 Å². The van der Waals surface area contributed by atoms with Gasteiger partial charge in [-0.25, -0.2) is 4.79 Å². The van der Waals surface area contributed by atoms with Crippen LogP contribution < -0.4 is 9.64 Å². The van der Waals surface area contributed by atoms with Crippen LogP contribution in [0.4, 0.5) is 5.69 Å². The van der Waals surface area contributed by atoms with Gasteiger partial charge in [0.15, 0.2) is 13.2 Å².